The predicted molar refractivity (Wildman–Crippen MR) is 90.9 cm³/mol. The molecule has 0 heterocycles. The molecule has 0 amide bonds. The SMILES string of the molecule is CCCCCCCCC(C)(C)c1ccc(Br)cc1.[Mg]. The molecule has 19 heavy (non-hydrogen) atoms. The van der Waals surface area contributed by atoms with Crippen LogP contribution in [-0.2, 0) is 5.41 Å². The lowest BCUT2D eigenvalue weighted by Crippen LogP contribution is -2.16. The van der Waals surface area contributed by atoms with Crippen LogP contribution in [0.5, 0.6) is 0 Å². The van der Waals surface area contributed by atoms with E-state index in [2.05, 4.69) is 61.0 Å². The zero-order valence-corrected chi connectivity index (χ0v) is 15.8. The molecule has 1 aromatic rings. The number of hydrogen-bond acceptors (Lipinski definition) is 0. The van der Waals surface area contributed by atoms with Crippen molar-refractivity contribution in [1.29, 1.82) is 0 Å². The average Bonchev–Trinajstić information content (AvgIpc) is 2.34. The summed E-state index contributed by atoms with van der Waals surface area (Å²) in [6.07, 6.45) is 9.59. The molecular weight excluding hydrogens is 308 g/mol. The van der Waals surface area contributed by atoms with E-state index < -0.39 is 0 Å². The number of unbranched alkanes of at least 4 members (excludes halogenated alkanes) is 5. The molecule has 104 valence electrons. The van der Waals surface area contributed by atoms with Crippen molar-refractivity contribution < 1.29 is 0 Å². The molecule has 0 aromatic heterocycles. The third-order valence-corrected chi connectivity index (χ3v) is 4.31. The Balaban J connectivity index is 0.00000324. The highest BCUT2D eigenvalue weighted by molar-refractivity contribution is 9.10. The molecule has 0 unspecified atom stereocenters. The molecule has 2 radical (unpaired) electrons. The van der Waals surface area contributed by atoms with Gasteiger partial charge >= 0.3 is 0 Å². The smallest absolute Gasteiger partial charge is 0.0175 e. The first kappa shape index (κ1) is 19.5. The molecule has 0 fully saturated rings. The topological polar surface area (TPSA) is 0 Å². The molecule has 0 aliphatic heterocycles. The molecule has 0 spiro atoms. The number of rotatable bonds is 8. The van der Waals surface area contributed by atoms with E-state index in [1.807, 2.05) is 0 Å². The van der Waals surface area contributed by atoms with Gasteiger partial charge in [-0.15, -0.1) is 0 Å². The lowest BCUT2D eigenvalue weighted by Gasteiger charge is -2.25. The minimum Gasteiger partial charge on any atom is -0.0654 e. The van der Waals surface area contributed by atoms with Gasteiger partial charge in [0.1, 0.15) is 0 Å². The van der Waals surface area contributed by atoms with Crippen LogP contribution >= 0.6 is 15.9 Å². The molecule has 2 heteroatoms. The summed E-state index contributed by atoms with van der Waals surface area (Å²) in [4.78, 5) is 0. The zero-order valence-electron chi connectivity index (χ0n) is 12.8. The Morgan fingerprint density at radius 2 is 1.42 bits per heavy atom. The molecule has 0 saturated carbocycles. The van der Waals surface area contributed by atoms with Gasteiger partial charge in [0.05, 0.1) is 0 Å². The molecule has 0 saturated heterocycles. The van der Waals surface area contributed by atoms with E-state index in [4.69, 9.17) is 0 Å². The molecule has 0 aliphatic rings. The van der Waals surface area contributed by atoms with Crippen LogP contribution in [0.3, 0.4) is 0 Å². The molecular formula is C17H27BrMg. The Morgan fingerprint density at radius 3 is 2.00 bits per heavy atom. The molecule has 0 atom stereocenters. The van der Waals surface area contributed by atoms with Crippen LogP contribution in [0, 0.1) is 0 Å². The third-order valence-electron chi connectivity index (χ3n) is 3.78. The Morgan fingerprint density at radius 1 is 0.895 bits per heavy atom. The highest BCUT2D eigenvalue weighted by Gasteiger charge is 2.19. The molecule has 0 aliphatic carbocycles. The molecule has 0 bridgehead atoms. The van der Waals surface area contributed by atoms with Gasteiger partial charge in [0.15, 0.2) is 0 Å². The number of halogens is 1. The van der Waals surface area contributed by atoms with Crippen molar-refractivity contribution in [1.82, 2.24) is 0 Å². The second kappa shape index (κ2) is 10.2. The maximum atomic E-state index is 3.50. The highest BCUT2D eigenvalue weighted by Crippen LogP contribution is 2.30. The van der Waals surface area contributed by atoms with Crippen molar-refractivity contribution in [3.05, 3.63) is 34.3 Å². The monoisotopic (exact) mass is 334 g/mol. The first-order valence-corrected chi connectivity index (χ1v) is 8.11. The van der Waals surface area contributed by atoms with E-state index in [0.717, 1.165) is 0 Å². The van der Waals surface area contributed by atoms with Crippen molar-refractivity contribution in [3.8, 4) is 0 Å². The van der Waals surface area contributed by atoms with Crippen molar-refractivity contribution in [2.75, 3.05) is 0 Å². The fourth-order valence-corrected chi connectivity index (χ4v) is 2.66. The van der Waals surface area contributed by atoms with Crippen LogP contribution in [-0.4, -0.2) is 23.1 Å². The standard InChI is InChI=1S/C17H27Br.Mg/c1-4-5-6-7-8-9-14-17(2,3)15-10-12-16(18)13-11-15;/h10-13H,4-9,14H2,1-3H3;. The molecule has 0 nitrogen and oxygen atoms in total. The van der Waals surface area contributed by atoms with E-state index in [1.165, 1.54) is 55.0 Å². The van der Waals surface area contributed by atoms with Gasteiger partial charge in [0.2, 0.25) is 0 Å². The Kier molecular flexibility index (Phi) is 10.5. The fraction of sp³-hybridized carbons (Fsp3) is 0.647. The van der Waals surface area contributed by atoms with Gasteiger partial charge in [-0.25, -0.2) is 0 Å². The normalized spacial score (nSPS) is 11.2. The van der Waals surface area contributed by atoms with Crippen molar-refractivity contribution >= 4 is 39.0 Å². The summed E-state index contributed by atoms with van der Waals surface area (Å²) in [7, 11) is 0. The molecule has 1 rings (SSSR count). The maximum Gasteiger partial charge on any atom is 0.0175 e. The van der Waals surface area contributed by atoms with E-state index in [0.29, 0.717) is 5.41 Å². The fourth-order valence-electron chi connectivity index (χ4n) is 2.39. The second-order valence-corrected chi connectivity index (χ2v) is 6.82. The summed E-state index contributed by atoms with van der Waals surface area (Å²) < 4.78 is 1.17. The van der Waals surface area contributed by atoms with E-state index in [-0.39, 0.29) is 23.1 Å². The summed E-state index contributed by atoms with van der Waals surface area (Å²) in [5.41, 5.74) is 1.77. The third kappa shape index (κ3) is 7.72. The molecule has 1 aromatic carbocycles. The highest BCUT2D eigenvalue weighted by atomic mass is 79.9. The van der Waals surface area contributed by atoms with Gasteiger partial charge in [0.25, 0.3) is 0 Å². The summed E-state index contributed by atoms with van der Waals surface area (Å²) >= 11 is 3.50. The van der Waals surface area contributed by atoms with E-state index in [9.17, 15) is 0 Å². The van der Waals surface area contributed by atoms with Crippen LogP contribution in [0.1, 0.15) is 71.3 Å². The maximum absolute atomic E-state index is 3.50. The zero-order chi connectivity index (χ0) is 13.4. The minimum atomic E-state index is 0. The number of hydrogen-bond donors (Lipinski definition) is 0. The van der Waals surface area contributed by atoms with Crippen LogP contribution in [0.25, 0.3) is 0 Å². The van der Waals surface area contributed by atoms with Gasteiger partial charge in [-0.2, -0.15) is 0 Å². The number of benzene rings is 1. The summed E-state index contributed by atoms with van der Waals surface area (Å²) in [5, 5.41) is 0. The van der Waals surface area contributed by atoms with Crippen LogP contribution in [0.15, 0.2) is 28.7 Å². The summed E-state index contributed by atoms with van der Waals surface area (Å²) in [6, 6.07) is 8.80. The van der Waals surface area contributed by atoms with Crippen molar-refractivity contribution in [3.63, 3.8) is 0 Å². The summed E-state index contributed by atoms with van der Waals surface area (Å²) in [5.74, 6) is 0. The summed E-state index contributed by atoms with van der Waals surface area (Å²) in [6.45, 7) is 7.00. The van der Waals surface area contributed by atoms with Gasteiger partial charge < -0.3 is 0 Å². The Hall–Kier alpha value is 0.466. The van der Waals surface area contributed by atoms with Crippen molar-refractivity contribution in [2.45, 2.75) is 71.1 Å². The quantitative estimate of drug-likeness (QED) is 0.398. The van der Waals surface area contributed by atoms with Gasteiger partial charge in [-0.1, -0.05) is 87.4 Å². The van der Waals surface area contributed by atoms with Crippen LogP contribution < -0.4 is 0 Å². The average molecular weight is 336 g/mol. The van der Waals surface area contributed by atoms with Crippen LogP contribution in [0.2, 0.25) is 0 Å². The Labute approximate surface area is 144 Å². The van der Waals surface area contributed by atoms with Gasteiger partial charge in [-0.05, 0) is 29.5 Å². The van der Waals surface area contributed by atoms with Crippen LogP contribution in [0.4, 0.5) is 0 Å². The second-order valence-electron chi connectivity index (χ2n) is 5.91. The minimum absolute atomic E-state index is 0. The largest absolute Gasteiger partial charge is 0.0654 e. The lowest BCUT2D eigenvalue weighted by molar-refractivity contribution is 0.442. The molecule has 0 N–H and O–H groups in total. The van der Waals surface area contributed by atoms with Gasteiger partial charge in [-0.3, -0.25) is 0 Å². The lowest BCUT2D eigenvalue weighted by atomic mass is 9.80. The van der Waals surface area contributed by atoms with Gasteiger partial charge in [0, 0.05) is 27.5 Å². The first-order chi connectivity index (χ1) is 8.56. The van der Waals surface area contributed by atoms with Crippen molar-refractivity contribution in [2.24, 2.45) is 0 Å². The van der Waals surface area contributed by atoms with E-state index in [1.54, 1.807) is 0 Å². The first-order valence-electron chi connectivity index (χ1n) is 7.32. The Bertz CT molecular complexity index is 330. The predicted octanol–water partition coefficient (Wildman–Crippen LogP) is 6.10. The van der Waals surface area contributed by atoms with E-state index >= 15 is 0 Å².